The van der Waals surface area contributed by atoms with E-state index in [0.29, 0.717) is 28.2 Å². The smallest absolute Gasteiger partial charge is 0.291 e. The zero-order valence-corrected chi connectivity index (χ0v) is 22.4. The van der Waals surface area contributed by atoms with Crippen LogP contribution in [-0.2, 0) is 4.79 Å². The molecular formula is C23H27BrN10O4. The van der Waals surface area contributed by atoms with Gasteiger partial charge in [0.15, 0.2) is 11.6 Å². The Bertz CT molecular complexity index is 1450. The van der Waals surface area contributed by atoms with Crippen molar-refractivity contribution in [3.63, 3.8) is 0 Å². The lowest BCUT2D eigenvalue weighted by molar-refractivity contribution is -0.112. The van der Waals surface area contributed by atoms with Crippen LogP contribution in [0.1, 0.15) is 54.8 Å². The summed E-state index contributed by atoms with van der Waals surface area (Å²) in [5.74, 6) is -1.85. The second kappa shape index (κ2) is 11.6. The summed E-state index contributed by atoms with van der Waals surface area (Å²) in [7, 11) is 0. The molecule has 3 rings (SSSR count). The number of aryl methyl sites for hydroxylation is 1. The molecule has 38 heavy (non-hydrogen) atoms. The summed E-state index contributed by atoms with van der Waals surface area (Å²) < 4.78 is 0.110. The molecule has 0 aliphatic heterocycles. The third kappa shape index (κ3) is 6.36. The fraction of sp³-hybridized carbons (Fsp3) is 0.217. The quantitative estimate of drug-likeness (QED) is 0.0982. The summed E-state index contributed by atoms with van der Waals surface area (Å²) in [4.78, 5) is 62.4. The maximum atomic E-state index is 12.9. The van der Waals surface area contributed by atoms with Crippen molar-refractivity contribution >= 4 is 62.6 Å². The SMILES string of the molecule is C=C(Br)C(=O)Nc1nc(C(=O)Nc2c[nH]c(C(=O)Nc3c[nH]c(C(=O)NCCC(=N)N)c3C)c2C)[nH]c1C. The first kappa shape index (κ1) is 27.9. The highest BCUT2D eigenvalue weighted by molar-refractivity contribution is 9.12. The van der Waals surface area contributed by atoms with Gasteiger partial charge in [0, 0.05) is 36.5 Å². The summed E-state index contributed by atoms with van der Waals surface area (Å²) in [6.45, 7) is 8.67. The van der Waals surface area contributed by atoms with Crippen LogP contribution in [0.15, 0.2) is 23.5 Å². The van der Waals surface area contributed by atoms with E-state index < -0.39 is 23.6 Å². The summed E-state index contributed by atoms with van der Waals surface area (Å²) in [6, 6.07) is 0. The molecule has 0 aromatic carbocycles. The van der Waals surface area contributed by atoms with Gasteiger partial charge in [0.2, 0.25) is 0 Å². The molecule has 4 amide bonds. The Morgan fingerprint density at radius 1 is 0.974 bits per heavy atom. The van der Waals surface area contributed by atoms with Gasteiger partial charge in [-0.1, -0.05) is 6.58 Å². The summed E-state index contributed by atoms with van der Waals surface area (Å²) >= 11 is 2.98. The number of amidine groups is 1. The van der Waals surface area contributed by atoms with Crippen LogP contribution < -0.4 is 27.0 Å². The predicted molar refractivity (Wildman–Crippen MR) is 146 cm³/mol. The van der Waals surface area contributed by atoms with Gasteiger partial charge in [-0.15, -0.1) is 0 Å². The van der Waals surface area contributed by atoms with E-state index in [9.17, 15) is 19.2 Å². The number of H-pyrrole nitrogens is 3. The molecule has 14 nitrogen and oxygen atoms in total. The number of aromatic amines is 3. The lowest BCUT2D eigenvalue weighted by atomic mass is 10.2. The molecule has 10 N–H and O–H groups in total. The van der Waals surface area contributed by atoms with Crippen LogP contribution in [0.25, 0.3) is 0 Å². The second-order valence-corrected chi connectivity index (χ2v) is 9.22. The van der Waals surface area contributed by atoms with Gasteiger partial charge in [0.05, 0.1) is 27.4 Å². The van der Waals surface area contributed by atoms with Crippen LogP contribution in [0, 0.1) is 26.2 Å². The molecule has 0 aliphatic rings. The number of hydrogen-bond donors (Lipinski definition) is 9. The fourth-order valence-electron chi connectivity index (χ4n) is 3.35. The molecule has 0 spiro atoms. The first-order valence-corrected chi connectivity index (χ1v) is 12.0. The summed E-state index contributed by atoms with van der Waals surface area (Å²) in [5, 5.41) is 17.8. The van der Waals surface area contributed by atoms with E-state index in [0.717, 1.165) is 0 Å². The van der Waals surface area contributed by atoms with E-state index in [-0.39, 0.29) is 46.3 Å². The molecule has 0 unspecified atom stereocenters. The topological polar surface area (TPSA) is 227 Å². The number of hydrogen-bond acceptors (Lipinski definition) is 6. The van der Waals surface area contributed by atoms with Crippen molar-refractivity contribution in [1.82, 2.24) is 25.3 Å². The standard InChI is InChI=1S/C23H27BrN10O4/c1-9-13(7-28-16(9)21(36)27-6-5-15(25)26)31-22(37)17-10(2)14(8-29-17)32-23(38)19-30-12(4)18(33-19)34-20(35)11(3)24/h7-8,28-29H,3,5-6H2,1-2,4H3,(H3,25,26)(H,27,36)(H,30,33)(H,31,37)(H,32,38)(H,34,35). The lowest BCUT2D eigenvalue weighted by Gasteiger charge is -2.07. The minimum Gasteiger partial charge on any atom is -0.388 e. The molecule has 0 fully saturated rings. The number of carbonyl (C=O) groups is 4. The van der Waals surface area contributed by atoms with Crippen LogP contribution in [0.3, 0.4) is 0 Å². The molecule has 0 bridgehead atoms. The average Bonchev–Trinajstić information content (AvgIpc) is 3.51. The van der Waals surface area contributed by atoms with Crippen LogP contribution in [-0.4, -0.2) is 55.9 Å². The molecule has 15 heteroatoms. The van der Waals surface area contributed by atoms with Gasteiger partial charge in [0.25, 0.3) is 23.6 Å². The second-order valence-electron chi connectivity index (χ2n) is 8.26. The van der Waals surface area contributed by atoms with Crippen molar-refractivity contribution in [2.24, 2.45) is 5.73 Å². The fourth-order valence-corrected chi connectivity index (χ4v) is 3.45. The Labute approximate surface area is 225 Å². The highest BCUT2D eigenvalue weighted by atomic mass is 79.9. The third-order valence-electron chi connectivity index (χ3n) is 5.49. The maximum absolute atomic E-state index is 12.9. The number of rotatable bonds is 10. The number of nitrogens with zero attached hydrogens (tertiary/aromatic N) is 1. The Kier molecular flexibility index (Phi) is 8.52. The van der Waals surface area contributed by atoms with Gasteiger partial charge in [-0.25, -0.2) is 4.98 Å². The largest absolute Gasteiger partial charge is 0.388 e. The molecule has 0 atom stereocenters. The predicted octanol–water partition coefficient (Wildman–Crippen LogP) is 2.40. The highest BCUT2D eigenvalue weighted by Gasteiger charge is 2.21. The summed E-state index contributed by atoms with van der Waals surface area (Å²) in [5.41, 5.74) is 7.98. The number of nitrogens with one attached hydrogen (secondary N) is 8. The number of nitrogens with two attached hydrogens (primary N) is 1. The molecule has 0 radical (unpaired) electrons. The zero-order valence-electron chi connectivity index (χ0n) is 20.8. The number of halogens is 1. The number of amides is 4. The van der Waals surface area contributed by atoms with Crippen LogP contribution in [0.2, 0.25) is 0 Å². The molecular weight excluding hydrogens is 560 g/mol. The number of aromatic nitrogens is 4. The lowest BCUT2D eigenvalue weighted by Crippen LogP contribution is -2.28. The Balaban J connectivity index is 1.67. The van der Waals surface area contributed by atoms with Gasteiger partial charge >= 0.3 is 0 Å². The normalized spacial score (nSPS) is 10.5. The Morgan fingerprint density at radius 3 is 2.08 bits per heavy atom. The highest BCUT2D eigenvalue weighted by Crippen LogP contribution is 2.23. The third-order valence-corrected chi connectivity index (χ3v) is 5.85. The number of carbonyl (C=O) groups excluding carboxylic acids is 4. The monoisotopic (exact) mass is 586 g/mol. The Hall–Kier alpha value is -4.66. The molecule has 0 saturated carbocycles. The van der Waals surface area contributed by atoms with Gasteiger partial charge in [-0.3, -0.25) is 24.6 Å². The van der Waals surface area contributed by atoms with Crippen molar-refractivity contribution in [1.29, 1.82) is 5.41 Å². The van der Waals surface area contributed by atoms with Gasteiger partial charge in [0.1, 0.15) is 11.4 Å². The molecule has 3 aromatic heterocycles. The van der Waals surface area contributed by atoms with Crippen LogP contribution in [0.5, 0.6) is 0 Å². The molecule has 3 heterocycles. The molecule has 0 saturated heterocycles. The van der Waals surface area contributed by atoms with Crippen molar-refractivity contribution in [2.45, 2.75) is 27.2 Å². The van der Waals surface area contributed by atoms with Crippen molar-refractivity contribution < 1.29 is 19.2 Å². The summed E-state index contributed by atoms with van der Waals surface area (Å²) in [6.07, 6.45) is 3.19. The first-order chi connectivity index (χ1) is 17.9. The average molecular weight is 587 g/mol. The minimum atomic E-state index is -0.581. The maximum Gasteiger partial charge on any atom is 0.291 e. The molecule has 0 aliphatic carbocycles. The van der Waals surface area contributed by atoms with Gasteiger partial charge in [-0.05, 0) is 36.7 Å². The minimum absolute atomic E-state index is 0.0345. The van der Waals surface area contributed by atoms with E-state index >= 15 is 0 Å². The van der Waals surface area contributed by atoms with E-state index in [1.165, 1.54) is 12.4 Å². The van der Waals surface area contributed by atoms with Crippen LogP contribution >= 0.6 is 15.9 Å². The number of anilines is 3. The van der Waals surface area contributed by atoms with E-state index in [4.69, 9.17) is 11.1 Å². The Morgan fingerprint density at radius 2 is 1.53 bits per heavy atom. The molecule has 200 valence electrons. The molecule has 3 aromatic rings. The van der Waals surface area contributed by atoms with Crippen molar-refractivity contribution in [3.8, 4) is 0 Å². The van der Waals surface area contributed by atoms with Gasteiger partial charge < -0.3 is 42.0 Å². The number of imidazole rings is 1. The zero-order chi connectivity index (χ0) is 28.1. The van der Waals surface area contributed by atoms with Crippen molar-refractivity contribution in [3.05, 3.63) is 57.5 Å². The van der Waals surface area contributed by atoms with Crippen LogP contribution in [0.4, 0.5) is 17.2 Å². The van der Waals surface area contributed by atoms with Crippen molar-refractivity contribution in [2.75, 3.05) is 22.5 Å². The van der Waals surface area contributed by atoms with E-state index in [1.807, 2.05) is 0 Å². The van der Waals surface area contributed by atoms with Gasteiger partial charge in [-0.2, -0.15) is 0 Å². The first-order valence-electron chi connectivity index (χ1n) is 11.2. The van der Waals surface area contributed by atoms with E-state index in [2.05, 4.69) is 63.7 Å². The van der Waals surface area contributed by atoms with E-state index in [1.54, 1.807) is 20.8 Å².